The number of nitrogens with zero attached hydrogens (tertiary/aromatic N) is 1. The van der Waals surface area contributed by atoms with E-state index in [9.17, 15) is 5.11 Å². The van der Waals surface area contributed by atoms with Crippen LogP contribution in [0.25, 0.3) is 0 Å². The molecule has 0 aliphatic heterocycles. The molecule has 14 heavy (non-hydrogen) atoms. The average molecular weight is 196 g/mol. The summed E-state index contributed by atoms with van der Waals surface area (Å²) in [5.74, 6) is 0.382. The number of aliphatic hydroxyl groups excluding tert-OH is 1. The molecule has 4 heteroatoms. The maximum absolute atomic E-state index is 10.2. The van der Waals surface area contributed by atoms with E-state index in [0.717, 1.165) is 0 Å². The first kappa shape index (κ1) is 10.9. The van der Waals surface area contributed by atoms with E-state index in [2.05, 4.69) is 4.98 Å². The van der Waals surface area contributed by atoms with Crippen molar-refractivity contribution in [3.05, 3.63) is 23.9 Å². The van der Waals surface area contributed by atoms with Crippen LogP contribution < -0.4 is 5.73 Å². The molecule has 0 amide bonds. The van der Waals surface area contributed by atoms with E-state index in [1.54, 1.807) is 18.3 Å². The molecule has 4 N–H and O–H groups in total. The van der Waals surface area contributed by atoms with Gasteiger partial charge in [-0.05, 0) is 24.1 Å². The summed E-state index contributed by atoms with van der Waals surface area (Å²) in [7, 11) is 0. The van der Waals surface area contributed by atoms with Crippen LogP contribution in [0.4, 0.5) is 5.82 Å². The monoisotopic (exact) mass is 196 g/mol. The highest BCUT2D eigenvalue weighted by atomic mass is 16.3. The van der Waals surface area contributed by atoms with Crippen molar-refractivity contribution in [2.75, 3.05) is 12.3 Å². The van der Waals surface area contributed by atoms with Crippen LogP contribution in [-0.4, -0.2) is 21.8 Å². The number of hydrogen-bond acceptors (Lipinski definition) is 4. The lowest BCUT2D eigenvalue weighted by molar-refractivity contribution is 0.00776. The second-order valence-corrected chi connectivity index (χ2v) is 3.33. The molecule has 0 bridgehead atoms. The molecule has 1 unspecified atom stereocenters. The molecule has 0 aliphatic carbocycles. The van der Waals surface area contributed by atoms with Crippen LogP contribution in [0.5, 0.6) is 0 Å². The molecule has 4 nitrogen and oxygen atoms in total. The quantitative estimate of drug-likeness (QED) is 0.660. The minimum absolute atomic E-state index is 0.0490. The maximum atomic E-state index is 10.2. The molecular formula is C10H16N2O2. The number of aliphatic hydroxyl groups is 2. The van der Waals surface area contributed by atoms with Gasteiger partial charge in [-0.1, -0.05) is 6.92 Å². The molecule has 1 rings (SSSR count). The van der Waals surface area contributed by atoms with Gasteiger partial charge in [-0.25, -0.2) is 4.98 Å². The smallest absolute Gasteiger partial charge is 0.123 e. The Bertz CT molecular complexity index is 304. The molecule has 1 aromatic heterocycles. The van der Waals surface area contributed by atoms with E-state index in [1.165, 1.54) is 0 Å². The van der Waals surface area contributed by atoms with Crippen molar-refractivity contribution in [1.29, 1.82) is 0 Å². The Hall–Kier alpha value is -1.13. The summed E-state index contributed by atoms with van der Waals surface area (Å²) in [4.78, 5) is 3.85. The lowest BCUT2D eigenvalue weighted by Crippen LogP contribution is -2.26. The van der Waals surface area contributed by atoms with Gasteiger partial charge >= 0.3 is 0 Å². The predicted molar refractivity (Wildman–Crippen MR) is 54.5 cm³/mol. The van der Waals surface area contributed by atoms with Crippen LogP contribution in [0.2, 0.25) is 0 Å². The maximum Gasteiger partial charge on any atom is 0.123 e. The summed E-state index contributed by atoms with van der Waals surface area (Å²) < 4.78 is 0. The molecule has 0 aliphatic rings. The number of anilines is 1. The molecule has 0 saturated carbocycles. The average Bonchev–Trinajstić information content (AvgIpc) is 2.18. The van der Waals surface area contributed by atoms with Gasteiger partial charge < -0.3 is 15.9 Å². The standard InChI is InChI=1S/C10H16N2O2/c1-2-10(14,4-6-13)8-3-5-12-9(11)7-8/h3,5,7,13-14H,2,4,6H2,1H3,(H2,11,12). The lowest BCUT2D eigenvalue weighted by Gasteiger charge is -2.26. The zero-order chi connectivity index (χ0) is 10.6. The van der Waals surface area contributed by atoms with Gasteiger partial charge in [0, 0.05) is 19.2 Å². The Labute approximate surface area is 83.4 Å². The number of aromatic nitrogens is 1. The highest BCUT2D eigenvalue weighted by Gasteiger charge is 2.26. The summed E-state index contributed by atoms with van der Waals surface area (Å²) >= 11 is 0. The molecule has 0 saturated heterocycles. The van der Waals surface area contributed by atoms with Crippen LogP contribution in [0, 0.1) is 0 Å². The third kappa shape index (κ3) is 2.21. The van der Waals surface area contributed by atoms with Gasteiger partial charge in [-0.2, -0.15) is 0 Å². The molecule has 0 radical (unpaired) electrons. The van der Waals surface area contributed by atoms with Gasteiger partial charge in [-0.3, -0.25) is 0 Å². The van der Waals surface area contributed by atoms with Gasteiger partial charge in [0.25, 0.3) is 0 Å². The topological polar surface area (TPSA) is 79.4 Å². The van der Waals surface area contributed by atoms with Gasteiger partial charge in [0.1, 0.15) is 5.82 Å². The largest absolute Gasteiger partial charge is 0.396 e. The molecule has 0 aromatic carbocycles. The minimum Gasteiger partial charge on any atom is -0.396 e. The zero-order valence-corrected chi connectivity index (χ0v) is 8.27. The fourth-order valence-electron chi connectivity index (χ4n) is 1.45. The Balaban J connectivity index is 2.99. The van der Waals surface area contributed by atoms with Crippen LogP contribution in [0.3, 0.4) is 0 Å². The fourth-order valence-corrected chi connectivity index (χ4v) is 1.45. The normalized spacial score (nSPS) is 15.1. The molecule has 1 atom stereocenters. The molecule has 1 heterocycles. The van der Waals surface area contributed by atoms with E-state index >= 15 is 0 Å². The van der Waals surface area contributed by atoms with Crippen LogP contribution >= 0.6 is 0 Å². The Kier molecular flexibility index (Phi) is 3.43. The van der Waals surface area contributed by atoms with Crippen molar-refractivity contribution < 1.29 is 10.2 Å². The first-order valence-corrected chi connectivity index (χ1v) is 4.67. The summed E-state index contributed by atoms with van der Waals surface area (Å²) in [5.41, 5.74) is 5.24. The van der Waals surface area contributed by atoms with Gasteiger partial charge in [0.05, 0.1) is 5.60 Å². The number of rotatable bonds is 4. The number of nitrogens with two attached hydrogens (primary N) is 1. The second kappa shape index (κ2) is 4.39. The molecular weight excluding hydrogens is 180 g/mol. The highest BCUT2D eigenvalue weighted by molar-refractivity contribution is 5.34. The summed E-state index contributed by atoms with van der Waals surface area (Å²) in [6.07, 6.45) is 2.41. The fraction of sp³-hybridized carbons (Fsp3) is 0.500. The van der Waals surface area contributed by atoms with E-state index < -0.39 is 5.60 Å². The van der Waals surface area contributed by atoms with Crippen LogP contribution in [0.15, 0.2) is 18.3 Å². The van der Waals surface area contributed by atoms with E-state index in [1.807, 2.05) is 6.92 Å². The van der Waals surface area contributed by atoms with Crippen molar-refractivity contribution in [3.8, 4) is 0 Å². The van der Waals surface area contributed by atoms with Crippen molar-refractivity contribution in [3.63, 3.8) is 0 Å². The molecule has 0 fully saturated rings. The van der Waals surface area contributed by atoms with Crippen LogP contribution in [0.1, 0.15) is 25.3 Å². The van der Waals surface area contributed by atoms with Gasteiger partial charge in [0.15, 0.2) is 0 Å². The SMILES string of the molecule is CCC(O)(CCO)c1ccnc(N)c1. The van der Waals surface area contributed by atoms with Gasteiger partial charge in [-0.15, -0.1) is 0 Å². The zero-order valence-electron chi connectivity index (χ0n) is 8.27. The Morgan fingerprint density at radius 1 is 1.57 bits per heavy atom. The van der Waals surface area contributed by atoms with E-state index in [-0.39, 0.29) is 6.61 Å². The third-order valence-corrected chi connectivity index (χ3v) is 2.43. The number of hydrogen-bond donors (Lipinski definition) is 3. The number of nitrogen functional groups attached to an aromatic ring is 1. The molecule has 78 valence electrons. The van der Waals surface area contributed by atoms with Crippen molar-refractivity contribution in [2.45, 2.75) is 25.4 Å². The van der Waals surface area contributed by atoms with E-state index in [4.69, 9.17) is 10.8 Å². The van der Waals surface area contributed by atoms with E-state index in [0.29, 0.717) is 24.2 Å². The van der Waals surface area contributed by atoms with Crippen molar-refractivity contribution >= 4 is 5.82 Å². The summed E-state index contributed by atoms with van der Waals surface area (Å²) in [6.45, 7) is 1.82. The van der Waals surface area contributed by atoms with Crippen molar-refractivity contribution in [1.82, 2.24) is 4.98 Å². The predicted octanol–water partition coefficient (Wildman–Crippen LogP) is 0.644. The Morgan fingerprint density at radius 2 is 2.29 bits per heavy atom. The highest BCUT2D eigenvalue weighted by Crippen LogP contribution is 2.28. The molecule has 1 aromatic rings. The first-order chi connectivity index (χ1) is 6.62. The number of pyridine rings is 1. The summed E-state index contributed by atoms with van der Waals surface area (Å²) in [5, 5.41) is 19.0. The van der Waals surface area contributed by atoms with Crippen LogP contribution in [-0.2, 0) is 5.60 Å². The second-order valence-electron chi connectivity index (χ2n) is 3.33. The Morgan fingerprint density at radius 3 is 2.79 bits per heavy atom. The van der Waals surface area contributed by atoms with Crippen molar-refractivity contribution in [2.24, 2.45) is 0 Å². The molecule has 0 spiro atoms. The lowest BCUT2D eigenvalue weighted by atomic mass is 9.89. The first-order valence-electron chi connectivity index (χ1n) is 4.67. The minimum atomic E-state index is -0.994. The summed E-state index contributed by atoms with van der Waals surface area (Å²) in [6, 6.07) is 3.36. The van der Waals surface area contributed by atoms with Gasteiger partial charge in [0.2, 0.25) is 0 Å². The third-order valence-electron chi connectivity index (χ3n) is 2.43.